The van der Waals surface area contributed by atoms with Crippen LogP contribution >= 0.6 is 15.9 Å². The summed E-state index contributed by atoms with van der Waals surface area (Å²) in [4.78, 5) is 21.5. The number of carbonyl (C=O) groups is 2. The van der Waals surface area contributed by atoms with E-state index in [1.807, 2.05) is 6.92 Å². The Morgan fingerprint density at radius 3 is 2.44 bits per heavy atom. The molecule has 5 heteroatoms. The molecular weight excluding hydrogens is 276 g/mol. The third-order valence-electron chi connectivity index (χ3n) is 2.28. The third-order valence-corrected chi connectivity index (χ3v) is 3.13. The number of hydrogen-bond donors (Lipinski definition) is 2. The van der Waals surface area contributed by atoms with Crippen LogP contribution in [0.3, 0.4) is 0 Å². The van der Waals surface area contributed by atoms with Crippen LogP contribution in [0.15, 0.2) is 22.7 Å². The normalized spacial score (nSPS) is 12.1. The number of halogens is 1. The standard InChI is InChI=1S/C11H11BrO4/c1-6-2-3-7(4-9(6)12)8(11(15)16)5-10(13)14/h2-4,8H,5H2,1H3,(H,13,14)(H,15,16). The summed E-state index contributed by atoms with van der Waals surface area (Å²) in [5.41, 5.74) is 1.47. The second-order valence-corrected chi connectivity index (χ2v) is 4.35. The first kappa shape index (κ1) is 12.7. The van der Waals surface area contributed by atoms with Gasteiger partial charge in [-0.2, -0.15) is 0 Å². The third kappa shape index (κ3) is 3.06. The van der Waals surface area contributed by atoms with Crippen LogP contribution in [0.1, 0.15) is 23.5 Å². The van der Waals surface area contributed by atoms with E-state index in [-0.39, 0.29) is 0 Å². The van der Waals surface area contributed by atoms with Crippen molar-refractivity contribution in [3.05, 3.63) is 33.8 Å². The molecule has 0 aliphatic heterocycles. The van der Waals surface area contributed by atoms with Gasteiger partial charge in [-0.15, -0.1) is 0 Å². The minimum atomic E-state index is -1.13. The maximum Gasteiger partial charge on any atom is 0.311 e. The lowest BCUT2D eigenvalue weighted by molar-refractivity contribution is -0.145. The van der Waals surface area contributed by atoms with Crippen LogP contribution in [0.2, 0.25) is 0 Å². The molecule has 0 bridgehead atoms. The molecule has 16 heavy (non-hydrogen) atoms. The Morgan fingerprint density at radius 2 is 2.00 bits per heavy atom. The quantitative estimate of drug-likeness (QED) is 0.891. The molecule has 0 spiro atoms. The van der Waals surface area contributed by atoms with Gasteiger partial charge in [0.05, 0.1) is 12.3 Å². The van der Waals surface area contributed by atoms with Crippen LogP contribution in [0, 0.1) is 6.92 Å². The zero-order valence-electron chi connectivity index (χ0n) is 8.61. The fourth-order valence-electron chi connectivity index (χ4n) is 1.35. The molecule has 0 fully saturated rings. The van der Waals surface area contributed by atoms with E-state index in [4.69, 9.17) is 10.2 Å². The molecule has 2 N–H and O–H groups in total. The number of carboxylic acids is 2. The summed E-state index contributed by atoms with van der Waals surface area (Å²) in [7, 11) is 0. The summed E-state index contributed by atoms with van der Waals surface area (Å²) < 4.78 is 0.779. The van der Waals surface area contributed by atoms with Gasteiger partial charge in [0.25, 0.3) is 0 Å². The van der Waals surface area contributed by atoms with E-state index in [9.17, 15) is 9.59 Å². The fourth-order valence-corrected chi connectivity index (χ4v) is 1.74. The molecule has 0 radical (unpaired) electrons. The number of benzene rings is 1. The van der Waals surface area contributed by atoms with Gasteiger partial charge in [0, 0.05) is 4.47 Å². The molecule has 1 rings (SSSR count). The smallest absolute Gasteiger partial charge is 0.311 e. The number of rotatable bonds is 4. The van der Waals surface area contributed by atoms with Gasteiger partial charge in [0.1, 0.15) is 0 Å². The Kier molecular flexibility index (Phi) is 4.06. The van der Waals surface area contributed by atoms with Crippen molar-refractivity contribution in [3.8, 4) is 0 Å². The van der Waals surface area contributed by atoms with Gasteiger partial charge in [0.2, 0.25) is 0 Å². The summed E-state index contributed by atoms with van der Waals surface area (Å²) in [6.07, 6.45) is -0.412. The van der Waals surface area contributed by atoms with Gasteiger partial charge in [0.15, 0.2) is 0 Å². The summed E-state index contributed by atoms with van der Waals surface area (Å²) in [6, 6.07) is 5.05. The highest BCUT2D eigenvalue weighted by molar-refractivity contribution is 9.10. The van der Waals surface area contributed by atoms with Crippen molar-refractivity contribution in [1.29, 1.82) is 0 Å². The van der Waals surface area contributed by atoms with Gasteiger partial charge in [-0.1, -0.05) is 28.1 Å². The van der Waals surface area contributed by atoms with Crippen molar-refractivity contribution in [3.63, 3.8) is 0 Å². The van der Waals surface area contributed by atoms with Crippen LogP contribution in [0.5, 0.6) is 0 Å². The van der Waals surface area contributed by atoms with E-state index in [0.717, 1.165) is 10.0 Å². The molecule has 4 nitrogen and oxygen atoms in total. The predicted molar refractivity (Wildman–Crippen MR) is 61.5 cm³/mol. The van der Waals surface area contributed by atoms with E-state index in [2.05, 4.69) is 15.9 Å². The van der Waals surface area contributed by atoms with Gasteiger partial charge >= 0.3 is 11.9 Å². The van der Waals surface area contributed by atoms with Crippen LogP contribution < -0.4 is 0 Å². The van der Waals surface area contributed by atoms with Gasteiger partial charge < -0.3 is 10.2 Å². The summed E-state index contributed by atoms with van der Waals surface area (Å²) >= 11 is 3.29. The first-order valence-electron chi connectivity index (χ1n) is 4.62. The molecule has 0 saturated heterocycles. The van der Waals surface area contributed by atoms with Crippen LogP contribution in [0.25, 0.3) is 0 Å². The Hall–Kier alpha value is -1.36. The molecular formula is C11H11BrO4. The zero-order chi connectivity index (χ0) is 12.3. The fraction of sp³-hybridized carbons (Fsp3) is 0.273. The highest BCUT2D eigenvalue weighted by atomic mass is 79.9. The molecule has 0 aliphatic carbocycles. The van der Waals surface area contributed by atoms with Crippen LogP contribution in [-0.4, -0.2) is 22.2 Å². The average Bonchev–Trinajstić information content (AvgIpc) is 2.18. The lowest BCUT2D eigenvalue weighted by Crippen LogP contribution is -2.15. The lowest BCUT2D eigenvalue weighted by atomic mass is 9.95. The maximum atomic E-state index is 11.0. The second-order valence-electron chi connectivity index (χ2n) is 3.50. The summed E-state index contributed by atoms with van der Waals surface area (Å²) in [6.45, 7) is 1.88. The average molecular weight is 287 g/mol. The molecule has 1 aromatic rings. The van der Waals surface area contributed by atoms with Crippen molar-refractivity contribution < 1.29 is 19.8 Å². The minimum Gasteiger partial charge on any atom is -0.481 e. The van der Waals surface area contributed by atoms with E-state index in [0.29, 0.717) is 5.56 Å². The predicted octanol–water partition coefficient (Wildman–Crippen LogP) is 2.40. The first-order chi connectivity index (χ1) is 7.41. The molecule has 0 saturated carbocycles. The van der Waals surface area contributed by atoms with E-state index in [1.165, 1.54) is 0 Å². The number of aryl methyl sites for hydroxylation is 1. The maximum absolute atomic E-state index is 11.0. The van der Waals surface area contributed by atoms with Gasteiger partial charge in [-0.25, -0.2) is 0 Å². The Balaban J connectivity index is 3.06. The van der Waals surface area contributed by atoms with E-state index >= 15 is 0 Å². The highest BCUT2D eigenvalue weighted by Gasteiger charge is 2.23. The molecule has 0 aliphatic rings. The van der Waals surface area contributed by atoms with E-state index in [1.54, 1.807) is 18.2 Å². The summed E-state index contributed by atoms with van der Waals surface area (Å²) in [5, 5.41) is 17.6. The molecule has 86 valence electrons. The van der Waals surface area contributed by atoms with Crippen LogP contribution in [0.4, 0.5) is 0 Å². The molecule has 0 amide bonds. The van der Waals surface area contributed by atoms with Crippen molar-refractivity contribution >= 4 is 27.9 Å². The van der Waals surface area contributed by atoms with E-state index < -0.39 is 24.3 Å². The molecule has 0 aromatic heterocycles. The van der Waals surface area contributed by atoms with Crippen LogP contribution in [-0.2, 0) is 9.59 Å². The van der Waals surface area contributed by atoms with Crippen molar-refractivity contribution in [1.82, 2.24) is 0 Å². The molecule has 1 unspecified atom stereocenters. The monoisotopic (exact) mass is 286 g/mol. The number of aliphatic carboxylic acids is 2. The lowest BCUT2D eigenvalue weighted by Gasteiger charge is -2.11. The minimum absolute atomic E-state index is 0.412. The highest BCUT2D eigenvalue weighted by Crippen LogP contribution is 2.25. The number of carboxylic acid groups (broad SMARTS) is 2. The topological polar surface area (TPSA) is 74.6 Å². The van der Waals surface area contributed by atoms with Gasteiger partial charge in [-0.3, -0.25) is 9.59 Å². The largest absolute Gasteiger partial charge is 0.481 e. The van der Waals surface area contributed by atoms with Crippen molar-refractivity contribution in [2.75, 3.05) is 0 Å². The first-order valence-corrected chi connectivity index (χ1v) is 5.41. The Bertz CT molecular complexity index is 428. The van der Waals surface area contributed by atoms with Gasteiger partial charge in [-0.05, 0) is 24.1 Å². The SMILES string of the molecule is Cc1ccc(C(CC(=O)O)C(=O)O)cc1Br. The van der Waals surface area contributed by atoms with Crippen molar-refractivity contribution in [2.24, 2.45) is 0 Å². The number of hydrogen-bond acceptors (Lipinski definition) is 2. The Morgan fingerprint density at radius 1 is 1.38 bits per heavy atom. The molecule has 1 aromatic carbocycles. The molecule has 0 heterocycles. The second kappa shape index (κ2) is 5.12. The van der Waals surface area contributed by atoms with Crippen molar-refractivity contribution in [2.45, 2.75) is 19.3 Å². The zero-order valence-corrected chi connectivity index (χ0v) is 10.2. The Labute approximate surface area is 101 Å². The summed E-state index contributed by atoms with van der Waals surface area (Å²) in [5.74, 6) is -3.25. The molecule has 1 atom stereocenters.